The van der Waals surface area contributed by atoms with Crippen LogP contribution in [0.25, 0.3) is 11.4 Å². The average Bonchev–Trinajstić information content (AvgIpc) is 2.81. The van der Waals surface area contributed by atoms with Gasteiger partial charge in [-0.25, -0.2) is 0 Å². The van der Waals surface area contributed by atoms with Crippen molar-refractivity contribution < 1.29 is 0 Å². The quantitative estimate of drug-likeness (QED) is 0.850. The fraction of sp³-hybridized carbons (Fsp3) is 0.333. The Morgan fingerprint density at radius 3 is 3.06 bits per heavy atom. The number of fused-ring (bicyclic) bond motifs is 1. The van der Waals surface area contributed by atoms with Gasteiger partial charge in [0.25, 0.3) is 0 Å². The molecule has 94 valence electrons. The van der Waals surface area contributed by atoms with E-state index in [9.17, 15) is 0 Å². The summed E-state index contributed by atoms with van der Waals surface area (Å²) < 4.78 is 3.24. The van der Waals surface area contributed by atoms with E-state index in [-0.39, 0.29) is 0 Å². The second-order valence-corrected chi connectivity index (χ2v) is 5.97. The Labute approximate surface area is 119 Å². The number of aromatic nitrogens is 3. The van der Waals surface area contributed by atoms with Crippen molar-refractivity contribution in [3.05, 3.63) is 28.7 Å². The molecule has 0 N–H and O–H groups in total. The molecule has 0 unspecified atom stereocenters. The van der Waals surface area contributed by atoms with Crippen molar-refractivity contribution in [2.75, 3.05) is 12.4 Å². The average molecular weight is 325 g/mol. The molecular formula is C12H13BrN4S. The molecule has 0 spiro atoms. The first kappa shape index (κ1) is 12.2. The molecule has 0 saturated carbocycles. The lowest BCUT2D eigenvalue weighted by Crippen LogP contribution is -2.30. The fourth-order valence-corrected chi connectivity index (χ4v) is 3.31. The molecule has 6 heteroatoms. The number of hydrogen-bond donors (Lipinski definition) is 0. The Balaban J connectivity index is 2.02. The minimum atomic E-state index is 0.869. The van der Waals surface area contributed by atoms with Gasteiger partial charge in [0.1, 0.15) is 0 Å². The predicted octanol–water partition coefficient (Wildman–Crippen LogP) is 3.05. The van der Waals surface area contributed by atoms with E-state index in [1.54, 1.807) is 11.8 Å². The zero-order chi connectivity index (χ0) is 12.5. The largest absolute Gasteiger partial charge is 0.288 e. The maximum absolute atomic E-state index is 4.32. The summed E-state index contributed by atoms with van der Waals surface area (Å²) in [5, 5.41) is 9.60. The minimum Gasteiger partial charge on any atom is -0.288 e. The maximum atomic E-state index is 4.32. The van der Waals surface area contributed by atoms with Gasteiger partial charge < -0.3 is 0 Å². The van der Waals surface area contributed by atoms with Gasteiger partial charge in [-0.1, -0.05) is 46.7 Å². The number of thioether (sulfide) groups is 1. The van der Waals surface area contributed by atoms with Crippen LogP contribution in [-0.2, 0) is 6.67 Å². The Kier molecular flexibility index (Phi) is 3.41. The van der Waals surface area contributed by atoms with Gasteiger partial charge in [-0.05, 0) is 18.7 Å². The monoisotopic (exact) mass is 324 g/mol. The molecule has 1 aromatic heterocycles. The lowest BCUT2D eigenvalue weighted by atomic mass is 10.2. The summed E-state index contributed by atoms with van der Waals surface area (Å²) in [6.45, 7) is 4.09. The summed E-state index contributed by atoms with van der Waals surface area (Å²) in [4.78, 5) is 2.36. The molecule has 2 heterocycles. The molecule has 3 rings (SSSR count). The summed E-state index contributed by atoms with van der Waals surface area (Å²) in [7, 11) is 0. The molecule has 0 radical (unpaired) electrons. The van der Waals surface area contributed by atoms with Crippen molar-refractivity contribution in [3.8, 4) is 11.4 Å². The summed E-state index contributed by atoms with van der Waals surface area (Å²) in [6.07, 6.45) is 0. The lowest BCUT2D eigenvalue weighted by Gasteiger charge is -2.26. The van der Waals surface area contributed by atoms with Crippen LogP contribution in [0.3, 0.4) is 0 Å². The number of rotatable bonds is 2. The second kappa shape index (κ2) is 5.03. The third kappa shape index (κ3) is 2.20. The Bertz CT molecular complexity index is 569. The molecule has 1 aliphatic heterocycles. The molecule has 0 bridgehead atoms. The van der Waals surface area contributed by atoms with E-state index in [0.29, 0.717) is 0 Å². The minimum absolute atomic E-state index is 0.869. The van der Waals surface area contributed by atoms with Gasteiger partial charge in [-0.2, -0.15) is 0 Å². The van der Waals surface area contributed by atoms with Crippen LogP contribution in [0, 0.1) is 0 Å². The van der Waals surface area contributed by atoms with Gasteiger partial charge in [0.2, 0.25) is 0 Å². The molecule has 2 aromatic rings. The first-order valence-electron chi connectivity index (χ1n) is 5.82. The van der Waals surface area contributed by atoms with Gasteiger partial charge in [-0.15, -0.1) is 10.2 Å². The zero-order valence-electron chi connectivity index (χ0n) is 10.0. The molecular weight excluding hydrogens is 312 g/mol. The third-order valence-corrected chi connectivity index (χ3v) is 4.51. The predicted molar refractivity (Wildman–Crippen MR) is 76.3 cm³/mol. The summed E-state index contributed by atoms with van der Waals surface area (Å²) in [5.74, 6) is 1.93. The van der Waals surface area contributed by atoms with Crippen LogP contribution in [-0.4, -0.2) is 32.1 Å². The topological polar surface area (TPSA) is 34.0 Å². The first-order chi connectivity index (χ1) is 8.78. The number of nitrogens with zero attached hydrogens (tertiary/aromatic N) is 4. The molecule has 0 aliphatic carbocycles. The van der Waals surface area contributed by atoms with Gasteiger partial charge >= 0.3 is 0 Å². The van der Waals surface area contributed by atoms with Crippen LogP contribution < -0.4 is 0 Å². The molecule has 0 fully saturated rings. The lowest BCUT2D eigenvalue weighted by molar-refractivity contribution is 0.252. The van der Waals surface area contributed by atoms with Crippen molar-refractivity contribution in [3.63, 3.8) is 0 Å². The highest BCUT2D eigenvalue weighted by atomic mass is 79.9. The van der Waals surface area contributed by atoms with Crippen molar-refractivity contribution in [1.82, 2.24) is 19.7 Å². The van der Waals surface area contributed by atoms with E-state index in [1.165, 1.54) is 0 Å². The summed E-state index contributed by atoms with van der Waals surface area (Å²) >= 11 is 5.24. The van der Waals surface area contributed by atoms with E-state index in [2.05, 4.69) is 54.7 Å². The van der Waals surface area contributed by atoms with Crippen molar-refractivity contribution >= 4 is 27.7 Å². The van der Waals surface area contributed by atoms with Crippen LogP contribution in [0.1, 0.15) is 6.92 Å². The van der Waals surface area contributed by atoms with Crippen LogP contribution in [0.5, 0.6) is 0 Å². The standard InChI is InChI=1S/C12H13BrN4S/c1-2-16-7-17-11(14-15-12(17)18-8-16)9-4-3-5-10(13)6-9/h3-6H,2,7-8H2,1H3. The van der Waals surface area contributed by atoms with Crippen molar-refractivity contribution in [2.45, 2.75) is 18.7 Å². The number of halogens is 1. The van der Waals surface area contributed by atoms with Crippen LogP contribution in [0.4, 0.5) is 0 Å². The maximum Gasteiger partial charge on any atom is 0.193 e. The molecule has 0 atom stereocenters. The highest BCUT2D eigenvalue weighted by Gasteiger charge is 2.21. The van der Waals surface area contributed by atoms with Crippen LogP contribution in [0.15, 0.2) is 33.9 Å². The van der Waals surface area contributed by atoms with E-state index in [0.717, 1.165) is 40.1 Å². The SMILES string of the molecule is CCN1CSc2nnc(-c3cccc(Br)c3)n2C1. The van der Waals surface area contributed by atoms with Crippen LogP contribution in [0.2, 0.25) is 0 Å². The fourth-order valence-electron chi connectivity index (χ4n) is 1.95. The molecule has 18 heavy (non-hydrogen) atoms. The smallest absolute Gasteiger partial charge is 0.193 e. The molecule has 0 amide bonds. The van der Waals surface area contributed by atoms with E-state index >= 15 is 0 Å². The van der Waals surface area contributed by atoms with Crippen molar-refractivity contribution in [2.24, 2.45) is 0 Å². The molecule has 0 saturated heterocycles. The summed E-state index contributed by atoms with van der Waals surface area (Å²) in [5.41, 5.74) is 1.10. The normalized spacial score (nSPS) is 15.7. The molecule has 1 aliphatic rings. The zero-order valence-corrected chi connectivity index (χ0v) is 12.4. The summed E-state index contributed by atoms with van der Waals surface area (Å²) in [6, 6.07) is 8.18. The number of benzene rings is 1. The second-order valence-electron chi connectivity index (χ2n) is 4.15. The highest BCUT2D eigenvalue weighted by Crippen LogP contribution is 2.29. The van der Waals surface area contributed by atoms with Crippen LogP contribution >= 0.6 is 27.7 Å². The van der Waals surface area contributed by atoms with E-state index in [4.69, 9.17) is 0 Å². The van der Waals surface area contributed by atoms with Crippen molar-refractivity contribution in [1.29, 1.82) is 0 Å². The van der Waals surface area contributed by atoms with Gasteiger partial charge in [-0.3, -0.25) is 9.47 Å². The first-order valence-corrected chi connectivity index (χ1v) is 7.60. The van der Waals surface area contributed by atoms with Gasteiger partial charge in [0.15, 0.2) is 11.0 Å². The Morgan fingerprint density at radius 2 is 2.28 bits per heavy atom. The highest BCUT2D eigenvalue weighted by molar-refractivity contribution is 9.10. The van der Waals surface area contributed by atoms with E-state index < -0.39 is 0 Å². The third-order valence-electron chi connectivity index (χ3n) is 2.96. The Hall–Kier alpha value is -0.850. The Morgan fingerprint density at radius 1 is 1.39 bits per heavy atom. The van der Waals surface area contributed by atoms with E-state index in [1.807, 2.05) is 12.1 Å². The number of hydrogen-bond acceptors (Lipinski definition) is 4. The van der Waals surface area contributed by atoms with Gasteiger partial charge in [0, 0.05) is 10.0 Å². The molecule has 4 nitrogen and oxygen atoms in total. The molecule has 1 aromatic carbocycles. The van der Waals surface area contributed by atoms with Gasteiger partial charge in [0.05, 0.1) is 12.5 Å².